The maximum Gasteiger partial charge on any atom is 0.234 e. The second kappa shape index (κ2) is 10.8. The van der Waals surface area contributed by atoms with Crippen molar-refractivity contribution in [3.8, 4) is 0 Å². The normalized spacial score (nSPS) is 14.5. The molecule has 8 heteroatoms. The number of anilines is 1. The molecule has 31 heavy (non-hydrogen) atoms. The smallest absolute Gasteiger partial charge is 0.234 e. The van der Waals surface area contributed by atoms with Crippen molar-refractivity contribution in [1.29, 1.82) is 0 Å². The number of thioether (sulfide) groups is 1. The Morgan fingerprint density at radius 2 is 1.81 bits per heavy atom. The maximum absolute atomic E-state index is 12.4. The van der Waals surface area contributed by atoms with Crippen molar-refractivity contribution in [1.82, 2.24) is 19.7 Å². The zero-order valence-corrected chi connectivity index (χ0v) is 18.9. The van der Waals surface area contributed by atoms with Crippen LogP contribution < -0.4 is 5.32 Å². The quantitative estimate of drug-likeness (QED) is 0.499. The molecule has 1 aliphatic heterocycles. The molecule has 0 bridgehead atoms. The number of amides is 1. The first-order valence-corrected chi connectivity index (χ1v) is 11.9. The van der Waals surface area contributed by atoms with Gasteiger partial charge in [-0.15, -0.1) is 10.2 Å². The molecular weight excluding hydrogens is 430 g/mol. The zero-order chi connectivity index (χ0) is 21.5. The molecule has 0 radical (unpaired) electrons. The van der Waals surface area contributed by atoms with E-state index in [2.05, 4.69) is 37.1 Å². The molecule has 0 aliphatic carbocycles. The second-order valence-electron chi connectivity index (χ2n) is 7.65. The van der Waals surface area contributed by atoms with Crippen LogP contribution in [0.3, 0.4) is 0 Å². The van der Waals surface area contributed by atoms with Crippen LogP contribution in [0, 0.1) is 0 Å². The molecule has 2 heterocycles. The summed E-state index contributed by atoms with van der Waals surface area (Å²) in [5, 5.41) is 13.1. The Morgan fingerprint density at radius 3 is 2.58 bits per heavy atom. The van der Waals surface area contributed by atoms with Crippen LogP contribution in [0.5, 0.6) is 0 Å². The number of hydrogen-bond donors (Lipinski definition) is 1. The average molecular weight is 456 g/mol. The highest BCUT2D eigenvalue weighted by molar-refractivity contribution is 7.99. The van der Waals surface area contributed by atoms with E-state index >= 15 is 0 Å². The fraction of sp³-hybridized carbons (Fsp3) is 0.348. The van der Waals surface area contributed by atoms with Crippen LogP contribution in [0.15, 0.2) is 59.8 Å². The van der Waals surface area contributed by atoms with Gasteiger partial charge in [0.2, 0.25) is 5.91 Å². The van der Waals surface area contributed by atoms with E-state index in [0.29, 0.717) is 17.3 Å². The lowest BCUT2D eigenvalue weighted by Crippen LogP contribution is -2.30. The van der Waals surface area contributed by atoms with Crippen molar-refractivity contribution in [2.24, 2.45) is 0 Å². The van der Waals surface area contributed by atoms with Gasteiger partial charge in [-0.2, -0.15) is 0 Å². The molecule has 1 fully saturated rings. The van der Waals surface area contributed by atoms with Crippen molar-refractivity contribution in [3.63, 3.8) is 0 Å². The minimum absolute atomic E-state index is 0.0980. The van der Waals surface area contributed by atoms with Crippen LogP contribution in [-0.2, 0) is 17.9 Å². The lowest BCUT2D eigenvalue weighted by atomic mass is 10.1. The summed E-state index contributed by atoms with van der Waals surface area (Å²) in [5.74, 6) is 1.10. The van der Waals surface area contributed by atoms with Crippen molar-refractivity contribution in [2.75, 3.05) is 24.2 Å². The topological polar surface area (TPSA) is 63.1 Å². The monoisotopic (exact) mass is 455 g/mol. The summed E-state index contributed by atoms with van der Waals surface area (Å²) in [5.41, 5.74) is 1.88. The van der Waals surface area contributed by atoms with Crippen LogP contribution in [0.1, 0.15) is 30.7 Å². The van der Waals surface area contributed by atoms with E-state index in [4.69, 9.17) is 11.6 Å². The molecule has 0 atom stereocenters. The highest BCUT2D eigenvalue weighted by Gasteiger charge is 2.18. The number of aromatic nitrogens is 3. The van der Waals surface area contributed by atoms with Gasteiger partial charge in [0.1, 0.15) is 5.82 Å². The van der Waals surface area contributed by atoms with Gasteiger partial charge < -0.3 is 9.88 Å². The summed E-state index contributed by atoms with van der Waals surface area (Å²) in [4.78, 5) is 14.9. The molecule has 3 aromatic rings. The van der Waals surface area contributed by atoms with Gasteiger partial charge in [-0.05, 0) is 49.7 Å². The number of rotatable bonds is 8. The highest BCUT2D eigenvalue weighted by Crippen LogP contribution is 2.22. The molecular formula is C23H26ClN5OS. The molecule has 1 N–H and O–H groups in total. The maximum atomic E-state index is 12.4. The van der Waals surface area contributed by atoms with Crippen molar-refractivity contribution < 1.29 is 4.79 Å². The number of hydrogen-bond acceptors (Lipinski definition) is 5. The Morgan fingerprint density at radius 1 is 1.00 bits per heavy atom. The van der Waals surface area contributed by atoms with E-state index in [-0.39, 0.29) is 11.7 Å². The minimum atomic E-state index is -0.0980. The van der Waals surface area contributed by atoms with Gasteiger partial charge in [-0.25, -0.2) is 0 Å². The van der Waals surface area contributed by atoms with Crippen LogP contribution in [0.4, 0.5) is 5.69 Å². The predicted octanol–water partition coefficient (Wildman–Crippen LogP) is 4.70. The first kappa shape index (κ1) is 21.9. The van der Waals surface area contributed by atoms with Crippen LogP contribution in [0.2, 0.25) is 5.02 Å². The fourth-order valence-electron chi connectivity index (χ4n) is 3.68. The van der Waals surface area contributed by atoms with Gasteiger partial charge in [-0.1, -0.05) is 66.2 Å². The summed E-state index contributed by atoms with van der Waals surface area (Å²) in [6.07, 6.45) is 3.77. The molecule has 4 rings (SSSR count). The van der Waals surface area contributed by atoms with E-state index < -0.39 is 0 Å². The number of nitrogens with one attached hydrogen (secondary N) is 1. The Hall–Kier alpha value is -2.35. The van der Waals surface area contributed by atoms with Gasteiger partial charge in [0.25, 0.3) is 0 Å². The number of likely N-dealkylation sites (tertiary alicyclic amines) is 1. The lowest BCUT2D eigenvalue weighted by molar-refractivity contribution is -0.113. The number of carbonyl (C=O) groups excluding carboxylic acids is 1. The fourth-order valence-corrected chi connectivity index (χ4v) is 4.63. The molecule has 6 nitrogen and oxygen atoms in total. The first-order valence-electron chi connectivity index (χ1n) is 10.5. The summed E-state index contributed by atoms with van der Waals surface area (Å²) >= 11 is 7.41. The molecule has 1 amide bonds. The lowest BCUT2D eigenvalue weighted by Gasteiger charge is -2.26. The third kappa shape index (κ3) is 6.32. The molecule has 162 valence electrons. The molecule has 1 saturated heterocycles. The highest BCUT2D eigenvalue weighted by atomic mass is 35.5. The molecule has 0 saturated carbocycles. The van der Waals surface area contributed by atoms with E-state index in [9.17, 15) is 4.79 Å². The Balaban J connectivity index is 1.45. The average Bonchev–Trinajstić information content (AvgIpc) is 3.15. The van der Waals surface area contributed by atoms with E-state index in [1.54, 1.807) is 12.1 Å². The number of piperidine rings is 1. The van der Waals surface area contributed by atoms with Crippen molar-refractivity contribution in [3.05, 3.63) is 71.0 Å². The standard InChI is InChI=1S/C23H26ClN5OS/c24-19-10-7-11-20(14-19)25-22(30)17-31-23-27-26-21(16-28-12-5-2-6-13-28)29(23)15-18-8-3-1-4-9-18/h1,3-4,7-11,14H,2,5-6,12-13,15-17H2,(H,25,30). The molecule has 2 aromatic carbocycles. The molecule has 0 unspecified atom stereocenters. The number of halogens is 1. The summed E-state index contributed by atoms with van der Waals surface area (Å²) in [6, 6.07) is 17.4. The third-order valence-corrected chi connectivity index (χ3v) is 6.43. The van der Waals surface area contributed by atoms with E-state index in [1.807, 2.05) is 30.3 Å². The van der Waals surface area contributed by atoms with Gasteiger partial charge >= 0.3 is 0 Å². The second-order valence-corrected chi connectivity index (χ2v) is 9.03. The third-order valence-electron chi connectivity index (χ3n) is 5.23. The van der Waals surface area contributed by atoms with Crippen LogP contribution >= 0.6 is 23.4 Å². The Bertz CT molecular complexity index is 1000. The molecule has 1 aromatic heterocycles. The number of benzene rings is 2. The van der Waals surface area contributed by atoms with Gasteiger partial charge in [-0.3, -0.25) is 9.69 Å². The summed E-state index contributed by atoms with van der Waals surface area (Å²) in [7, 11) is 0. The SMILES string of the molecule is O=C(CSc1nnc(CN2CCCCC2)n1Cc1ccccc1)Nc1cccc(Cl)c1. The van der Waals surface area contributed by atoms with Gasteiger partial charge in [0.15, 0.2) is 5.16 Å². The van der Waals surface area contributed by atoms with Gasteiger partial charge in [0.05, 0.1) is 18.8 Å². The predicted molar refractivity (Wildman–Crippen MR) is 125 cm³/mol. The largest absolute Gasteiger partial charge is 0.325 e. The van der Waals surface area contributed by atoms with Crippen LogP contribution in [-0.4, -0.2) is 44.4 Å². The van der Waals surface area contributed by atoms with E-state index in [0.717, 1.165) is 30.6 Å². The Labute approximate surface area is 192 Å². The number of nitrogens with zero attached hydrogens (tertiary/aromatic N) is 4. The summed E-state index contributed by atoms with van der Waals surface area (Å²) in [6.45, 7) is 3.68. The number of carbonyl (C=O) groups is 1. The van der Waals surface area contributed by atoms with Crippen molar-refractivity contribution >= 4 is 35.0 Å². The van der Waals surface area contributed by atoms with Crippen LogP contribution in [0.25, 0.3) is 0 Å². The Kier molecular flexibility index (Phi) is 7.61. The van der Waals surface area contributed by atoms with E-state index in [1.165, 1.54) is 36.6 Å². The van der Waals surface area contributed by atoms with Crippen molar-refractivity contribution in [2.45, 2.75) is 37.5 Å². The summed E-state index contributed by atoms with van der Waals surface area (Å²) < 4.78 is 2.14. The minimum Gasteiger partial charge on any atom is -0.325 e. The first-order chi connectivity index (χ1) is 15.2. The van der Waals surface area contributed by atoms with Gasteiger partial charge in [0, 0.05) is 10.7 Å². The molecule has 0 spiro atoms. The molecule has 1 aliphatic rings. The zero-order valence-electron chi connectivity index (χ0n) is 17.3.